The Balaban J connectivity index is 2.11. The number of aromatic amines is 1. The van der Waals surface area contributed by atoms with Crippen molar-refractivity contribution in [3.8, 4) is 0 Å². The van der Waals surface area contributed by atoms with E-state index in [1.165, 1.54) is 0 Å². The standard InChI is InChI=1S/C16H17NO4/c1-10-13(8-14(18)19)11(2)17-15(10)16(20)21-9-12-6-4-3-5-7-12/h3-7,17H,8-9H2,1-2H3,(H,18,19). The molecule has 2 rings (SSSR count). The summed E-state index contributed by atoms with van der Waals surface area (Å²) in [6.07, 6.45) is -0.111. The molecule has 1 aromatic carbocycles. The van der Waals surface area contributed by atoms with Gasteiger partial charge in [-0.3, -0.25) is 4.79 Å². The van der Waals surface area contributed by atoms with Crippen LogP contribution in [0.15, 0.2) is 30.3 Å². The summed E-state index contributed by atoms with van der Waals surface area (Å²) in [5.74, 6) is -1.40. The van der Waals surface area contributed by atoms with Gasteiger partial charge in [0, 0.05) is 5.69 Å². The lowest BCUT2D eigenvalue weighted by Gasteiger charge is -2.04. The lowest BCUT2D eigenvalue weighted by atomic mass is 10.1. The Labute approximate surface area is 122 Å². The summed E-state index contributed by atoms with van der Waals surface area (Å²) in [7, 11) is 0. The van der Waals surface area contributed by atoms with Crippen molar-refractivity contribution in [2.75, 3.05) is 0 Å². The highest BCUT2D eigenvalue weighted by Gasteiger charge is 2.19. The molecule has 0 spiro atoms. The fourth-order valence-electron chi connectivity index (χ4n) is 2.20. The summed E-state index contributed by atoms with van der Waals surface area (Å²) in [6, 6.07) is 9.38. The Bertz CT molecular complexity index is 658. The van der Waals surface area contributed by atoms with Gasteiger partial charge < -0.3 is 14.8 Å². The number of aryl methyl sites for hydroxylation is 1. The van der Waals surface area contributed by atoms with Crippen molar-refractivity contribution in [1.29, 1.82) is 0 Å². The van der Waals surface area contributed by atoms with Crippen LogP contribution in [-0.2, 0) is 22.6 Å². The number of carbonyl (C=O) groups excluding carboxylic acids is 1. The number of esters is 1. The van der Waals surface area contributed by atoms with E-state index in [0.717, 1.165) is 5.56 Å². The van der Waals surface area contributed by atoms with Crippen molar-refractivity contribution in [3.05, 3.63) is 58.4 Å². The van der Waals surface area contributed by atoms with Gasteiger partial charge in [0.05, 0.1) is 6.42 Å². The third kappa shape index (κ3) is 3.51. The van der Waals surface area contributed by atoms with E-state index < -0.39 is 11.9 Å². The number of aliphatic carboxylic acids is 1. The molecule has 5 nitrogen and oxygen atoms in total. The van der Waals surface area contributed by atoms with E-state index in [-0.39, 0.29) is 13.0 Å². The number of ether oxygens (including phenoxy) is 1. The van der Waals surface area contributed by atoms with Gasteiger partial charge in [0.15, 0.2) is 0 Å². The minimum atomic E-state index is -0.926. The first kappa shape index (κ1) is 14.8. The van der Waals surface area contributed by atoms with Crippen molar-refractivity contribution in [2.45, 2.75) is 26.9 Å². The number of rotatable bonds is 5. The van der Waals surface area contributed by atoms with E-state index >= 15 is 0 Å². The number of benzene rings is 1. The van der Waals surface area contributed by atoms with Gasteiger partial charge >= 0.3 is 11.9 Å². The van der Waals surface area contributed by atoms with E-state index in [2.05, 4.69) is 4.98 Å². The Morgan fingerprint density at radius 2 is 1.86 bits per heavy atom. The fraction of sp³-hybridized carbons (Fsp3) is 0.250. The van der Waals surface area contributed by atoms with Gasteiger partial charge in [-0.25, -0.2) is 4.79 Å². The maximum absolute atomic E-state index is 12.1. The van der Waals surface area contributed by atoms with E-state index in [1.807, 2.05) is 30.3 Å². The molecule has 21 heavy (non-hydrogen) atoms. The summed E-state index contributed by atoms with van der Waals surface area (Å²) in [5.41, 5.74) is 3.17. The lowest BCUT2D eigenvalue weighted by molar-refractivity contribution is -0.136. The van der Waals surface area contributed by atoms with Crippen LogP contribution in [0.3, 0.4) is 0 Å². The van der Waals surface area contributed by atoms with Crippen LogP contribution < -0.4 is 0 Å². The van der Waals surface area contributed by atoms with Crippen molar-refractivity contribution in [2.24, 2.45) is 0 Å². The Morgan fingerprint density at radius 1 is 1.19 bits per heavy atom. The van der Waals surface area contributed by atoms with Gasteiger partial charge in [-0.15, -0.1) is 0 Å². The predicted octanol–water partition coefficient (Wildman–Crippen LogP) is 2.62. The molecule has 0 aliphatic rings. The summed E-state index contributed by atoms with van der Waals surface area (Å²) in [6.45, 7) is 3.66. The first-order valence-electron chi connectivity index (χ1n) is 6.60. The van der Waals surface area contributed by atoms with Crippen molar-refractivity contribution in [3.63, 3.8) is 0 Å². The third-order valence-corrected chi connectivity index (χ3v) is 3.34. The normalized spacial score (nSPS) is 10.4. The first-order valence-corrected chi connectivity index (χ1v) is 6.60. The van der Waals surface area contributed by atoms with Crippen LogP contribution in [0.1, 0.15) is 32.9 Å². The SMILES string of the molecule is Cc1[nH]c(C(=O)OCc2ccccc2)c(C)c1CC(=O)O. The molecular weight excluding hydrogens is 270 g/mol. The Kier molecular flexibility index (Phi) is 4.42. The monoisotopic (exact) mass is 287 g/mol. The summed E-state index contributed by atoms with van der Waals surface area (Å²) >= 11 is 0. The zero-order valence-corrected chi connectivity index (χ0v) is 12.0. The highest BCUT2D eigenvalue weighted by molar-refractivity contribution is 5.90. The van der Waals surface area contributed by atoms with Crippen LogP contribution in [-0.4, -0.2) is 22.0 Å². The molecule has 1 heterocycles. The van der Waals surface area contributed by atoms with Gasteiger partial charge in [-0.05, 0) is 30.5 Å². The van der Waals surface area contributed by atoms with Crippen molar-refractivity contribution in [1.82, 2.24) is 4.98 Å². The van der Waals surface area contributed by atoms with Crippen LogP contribution >= 0.6 is 0 Å². The lowest BCUT2D eigenvalue weighted by Crippen LogP contribution is -2.08. The molecule has 0 aliphatic heterocycles. The third-order valence-electron chi connectivity index (χ3n) is 3.34. The molecule has 0 radical (unpaired) electrons. The van der Waals surface area contributed by atoms with Crippen molar-refractivity contribution >= 4 is 11.9 Å². The van der Waals surface area contributed by atoms with Crippen LogP contribution in [0.25, 0.3) is 0 Å². The molecule has 0 unspecified atom stereocenters. The minimum absolute atomic E-state index is 0.111. The zero-order chi connectivity index (χ0) is 15.4. The average Bonchev–Trinajstić information content (AvgIpc) is 2.73. The number of hydrogen-bond acceptors (Lipinski definition) is 3. The number of aromatic nitrogens is 1. The van der Waals surface area contributed by atoms with Crippen LogP contribution in [0, 0.1) is 13.8 Å². The second-order valence-corrected chi connectivity index (χ2v) is 4.86. The van der Waals surface area contributed by atoms with Crippen LogP contribution in [0.4, 0.5) is 0 Å². The molecule has 2 N–H and O–H groups in total. The summed E-state index contributed by atoms with van der Waals surface area (Å²) in [4.78, 5) is 25.8. The largest absolute Gasteiger partial charge is 0.481 e. The highest BCUT2D eigenvalue weighted by Crippen LogP contribution is 2.19. The molecule has 0 bridgehead atoms. The summed E-state index contributed by atoms with van der Waals surface area (Å²) < 4.78 is 5.25. The van der Waals surface area contributed by atoms with Crippen LogP contribution in [0.2, 0.25) is 0 Å². The average molecular weight is 287 g/mol. The number of carboxylic acid groups (broad SMARTS) is 1. The Hall–Kier alpha value is -2.56. The maximum Gasteiger partial charge on any atom is 0.355 e. The smallest absolute Gasteiger partial charge is 0.355 e. The maximum atomic E-state index is 12.1. The molecule has 0 fully saturated rings. The first-order chi connectivity index (χ1) is 9.99. The zero-order valence-electron chi connectivity index (χ0n) is 12.0. The summed E-state index contributed by atoms with van der Waals surface area (Å²) in [5, 5.41) is 8.89. The number of hydrogen-bond donors (Lipinski definition) is 2. The van der Waals surface area contributed by atoms with Gasteiger partial charge in [-0.1, -0.05) is 30.3 Å². The van der Waals surface area contributed by atoms with Gasteiger partial charge in [0.2, 0.25) is 0 Å². The Morgan fingerprint density at radius 3 is 2.48 bits per heavy atom. The molecule has 2 aromatic rings. The predicted molar refractivity (Wildman–Crippen MR) is 77.2 cm³/mol. The number of nitrogens with one attached hydrogen (secondary N) is 1. The van der Waals surface area contributed by atoms with Gasteiger partial charge in [0.25, 0.3) is 0 Å². The van der Waals surface area contributed by atoms with Crippen molar-refractivity contribution < 1.29 is 19.4 Å². The van der Waals surface area contributed by atoms with Crippen LogP contribution in [0.5, 0.6) is 0 Å². The number of H-pyrrole nitrogens is 1. The fourth-order valence-corrected chi connectivity index (χ4v) is 2.20. The van der Waals surface area contributed by atoms with E-state index in [9.17, 15) is 9.59 Å². The van der Waals surface area contributed by atoms with Gasteiger partial charge in [0.1, 0.15) is 12.3 Å². The molecule has 0 aliphatic carbocycles. The molecule has 0 saturated heterocycles. The molecule has 110 valence electrons. The molecule has 0 amide bonds. The van der Waals surface area contributed by atoms with Gasteiger partial charge in [-0.2, -0.15) is 0 Å². The highest BCUT2D eigenvalue weighted by atomic mass is 16.5. The number of carbonyl (C=O) groups is 2. The second kappa shape index (κ2) is 6.26. The van der Waals surface area contributed by atoms with E-state index in [1.54, 1.807) is 13.8 Å². The van der Waals surface area contributed by atoms with E-state index in [4.69, 9.17) is 9.84 Å². The number of carboxylic acids is 1. The second-order valence-electron chi connectivity index (χ2n) is 4.86. The quantitative estimate of drug-likeness (QED) is 0.828. The molecule has 0 atom stereocenters. The minimum Gasteiger partial charge on any atom is -0.481 e. The topological polar surface area (TPSA) is 79.4 Å². The molecule has 0 saturated carbocycles. The van der Waals surface area contributed by atoms with E-state index in [0.29, 0.717) is 22.5 Å². The molecular formula is C16H17NO4. The molecule has 5 heteroatoms. The molecule has 1 aromatic heterocycles.